The van der Waals surface area contributed by atoms with E-state index in [9.17, 15) is 4.79 Å². The topological polar surface area (TPSA) is 35.5 Å². The van der Waals surface area contributed by atoms with Crippen molar-refractivity contribution in [3.63, 3.8) is 0 Å². The summed E-state index contributed by atoms with van der Waals surface area (Å²) in [5.74, 6) is -0.112. The van der Waals surface area contributed by atoms with Gasteiger partial charge in [0.05, 0.1) is 13.2 Å². The molecular weight excluding hydrogens is 240 g/mol. The summed E-state index contributed by atoms with van der Waals surface area (Å²) in [4.78, 5) is 12.6. The van der Waals surface area contributed by atoms with Crippen molar-refractivity contribution in [2.75, 3.05) is 13.2 Å². The van der Waals surface area contributed by atoms with Crippen LogP contribution >= 0.6 is 0 Å². The van der Waals surface area contributed by atoms with Crippen LogP contribution in [0.4, 0.5) is 0 Å². The quantitative estimate of drug-likeness (QED) is 0.779. The molecule has 1 heterocycles. The maximum atomic E-state index is 12.6. The van der Waals surface area contributed by atoms with E-state index in [1.807, 2.05) is 0 Å². The summed E-state index contributed by atoms with van der Waals surface area (Å²) in [7, 11) is 0. The normalized spacial score (nSPS) is 32.6. The third-order valence-electron chi connectivity index (χ3n) is 4.52. The first-order valence-electron chi connectivity index (χ1n) is 7.62. The van der Waals surface area contributed by atoms with Crippen molar-refractivity contribution in [1.82, 2.24) is 0 Å². The number of Topliss-reactive ketones (excluding diaryl/α,β-unsaturated/α-hetero) is 1. The summed E-state index contributed by atoms with van der Waals surface area (Å²) >= 11 is 0. The van der Waals surface area contributed by atoms with E-state index in [1.165, 1.54) is 0 Å². The highest BCUT2D eigenvalue weighted by atomic mass is 16.7. The van der Waals surface area contributed by atoms with E-state index in [2.05, 4.69) is 27.7 Å². The summed E-state index contributed by atoms with van der Waals surface area (Å²) < 4.78 is 11.8. The number of carbonyl (C=O) groups excluding carboxylic acids is 1. The summed E-state index contributed by atoms with van der Waals surface area (Å²) in [6.45, 7) is 10.0. The molecule has 0 aromatic carbocycles. The van der Waals surface area contributed by atoms with Crippen molar-refractivity contribution in [1.29, 1.82) is 0 Å². The minimum Gasteiger partial charge on any atom is -0.347 e. The number of hydrogen-bond acceptors (Lipinski definition) is 3. The van der Waals surface area contributed by atoms with Crippen LogP contribution in [0.5, 0.6) is 0 Å². The molecule has 110 valence electrons. The molecule has 3 heteroatoms. The number of ketones is 1. The summed E-state index contributed by atoms with van der Waals surface area (Å²) in [6.07, 6.45) is 5.33. The van der Waals surface area contributed by atoms with Crippen LogP contribution in [0.15, 0.2) is 0 Å². The average Bonchev–Trinajstić information content (AvgIpc) is 2.70. The fourth-order valence-corrected chi connectivity index (χ4v) is 4.10. The summed E-state index contributed by atoms with van der Waals surface area (Å²) in [6, 6.07) is 0. The molecule has 2 rings (SSSR count). The van der Waals surface area contributed by atoms with E-state index < -0.39 is 5.79 Å². The molecule has 0 N–H and O–H groups in total. The maximum absolute atomic E-state index is 12.6. The highest BCUT2D eigenvalue weighted by Crippen LogP contribution is 2.53. The van der Waals surface area contributed by atoms with Gasteiger partial charge in [-0.25, -0.2) is 0 Å². The Labute approximate surface area is 117 Å². The first-order valence-corrected chi connectivity index (χ1v) is 7.62. The fourth-order valence-electron chi connectivity index (χ4n) is 4.10. The van der Waals surface area contributed by atoms with E-state index in [-0.39, 0.29) is 10.8 Å². The molecule has 1 saturated carbocycles. The Kier molecular flexibility index (Phi) is 4.08. The van der Waals surface area contributed by atoms with Crippen LogP contribution < -0.4 is 0 Å². The fraction of sp³-hybridized carbons (Fsp3) is 0.938. The zero-order chi connectivity index (χ0) is 14.1. The van der Waals surface area contributed by atoms with Crippen LogP contribution in [-0.2, 0) is 14.3 Å². The molecule has 0 amide bonds. The highest BCUT2D eigenvalue weighted by molar-refractivity contribution is 5.84. The third kappa shape index (κ3) is 3.19. The van der Waals surface area contributed by atoms with Gasteiger partial charge in [-0.05, 0) is 18.3 Å². The lowest BCUT2D eigenvalue weighted by Gasteiger charge is -2.49. The Balaban J connectivity index is 2.17. The molecular formula is C16H28O3. The molecule has 1 aliphatic carbocycles. The first-order chi connectivity index (χ1) is 8.81. The first kappa shape index (κ1) is 15.0. The lowest BCUT2D eigenvalue weighted by Crippen LogP contribution is -2.50. The highest BCUT2D eigenvalue weighted by Gasteiger charge is 2.54. The second-order valence-corrected chi connectivity index (χ2v) is 7.39. The lowest BCUT2D eigenvalue weighted by molar-refractivity contribution is -0.223. The van der Waals surface area contributed by atoms with Crippen LogP contribution in [0.3, 0.4) is 0 Å². The Bertz CT molecular complexity index is 342. The molecule has 0 bridgehead atoms. The van der Waals surface area contributed by atoms with Crippen LogP contribution in [-0.4, -0.2) is 24.8 Å². The molecule has 0 radical (unpaired) electrons. The SMILES string of the molecule is CCCCC(=O)C1(C)CC(C)(C)CC2(C1)OCCO2. The monoisotopic (exact) mass is 268 g/mol. The van der Waals surface area contributed by atoms with Crippen LogP contribution in [0.25, 0.3) is 0 Å². The van der Waals surface area contributed by atoms with Gasteiger partial charge in [-0.15, -0.1) is 0 Å². The Morgan fingerprint density at radius 1 is 1.05 bits per heavy atom. The van der Waals surface area contributed by atoms with Crippen molar-refractivity contribution in [2.24, 2.45) is 10.8 Å². The molecule has 2 fully saturated rings. The van der Waals surface area contributed by atoms with Crippen LogP contribution in [0.1, 0.15) is 66.2 Å². The van der Waals surface area contributed by atoms with Gasteiger partial charge in [0.15, 0.2) is 5.79 Å². The molecule has 2 aliphatic rings. The number of rotatable bonds is 4. The predicted octanol–water partition coefficient (Wildman–Crippen LogP) is 3.71. The largest absolute Gasteiger partial charge is 0.347 e. The number of carbonyl (C=O) groups is 1. The van der Waals surface area contributed by atoms with E-state index in [4.69, 9.17) is 9.47 Å². The van der Waals surface area contributed by atoms with E-state index >= 15 is 0 Å². The van der Waals surface area contributed by atoms with E-state index in [0.29, 0.717) is 25.4 Å². The summed E-state index contributed by atoms with van der Waals surface area (Å²) in [5, 5.41) is 0. The molecule has 1 aliphatic heterocycles. The predicted molar refractivity (Wildman–Crippen MR) is 74.9 cm³/mol. The van der Waals surface area contributed by atoms with Crippen molar-refractivity contribution in [3.05, 3.63) is 0 Å². The zero-order valence-corrected chi connectivity index (χ0v) is 12.9. The molecule has 1 atom stereocenters. The number of hydrogen-bond donors (Lipinski definition) is 0. The van der Waals surface area contributed by atoms with Crippen molar-refractivity contribution >= 4 is 5.78 Å². The summed E-state index contributed by atoms with van der Waals surface area (Å²) in [5.41, 5.74) is -0.194. The van der Waals surface area contributed by atoms with Crippen molar-refractivity contribution < 1.29 is 14.3 Å². The molecule has 0 aromatic rings. The van der Waals surface area contributed by atoms with Gasteiger partial charge in [0.2, 0.25) is 0 Å². The lowest BCUT2D eigenvalue weighted by atomic mass is 9.60. The molecule has 1 spiro atoms. The van der Waals surface area contributed by atoms with Gasteiger partial charge in [-0.2, -0.15) is 0 Å². The van der Waals surface area contributed by atoms with E-state index in [1.54, 1.807) is 0 Å². The van der Waals surface area contributed by atoms with Gasteiger partial charge < -0.3 is 9.47 Å². The van der Waals surface area contributed by atoms with Crippen LogP contribution in [0, 0.1) is 10.8 Å². The van der Waals surface area contributed by atoms with Gasteiger partial charge in [0.25, 0.3) is 0 Å². The Hall–Kier alpha value is -0.410. The minimum absolute atomic E-state index is 0.0964. The number of unbranched alkanes of at least 4 members (excludes halogenated alkanes) is 1. The van der Waals surface area contributed by atoms with Gasteiger partial charge >= 0.3 is 0 Å². The Morgan fingerprint density at radius 3 is 2.26 bits per heavy atom. The molecule has 0 aromatic heterocycles. The Morgan fingerprint density at radius 2 is 1.68 bits per heavy atom. The maximum Gasteiger partial charge on any atom is 0.169 e. The van der Waals surface area contributed by atoms with Gasteiger partial charge in [-0.1, -0.05) is 34.1 Å². The average molecular weight is 268 g/mol. The van der Waals surface area contributed by atoms with E-state index in [0.717, 1.165) is 32.1 Å². The van der Waals surface area contributed by atoms with Gasteiger partial charge in [-0.3, -0.25) is 4.79 Å². The van der Waals surface area contributed by atoms with Crippen molar-refractivity contribution in [3.8, 4) is 0 Å². The standard InChI is InChI=1S/C16H28O3/c1-5-6-7-13(17)15(4)10-14(2,3)11-16(12-15)18-8-9-19-16/h5-12H2,1-4H3. The molecule has 19 heavy (non-hydrogen) atoms. The number of ether oxygens (including phenoxy) is 2. The van der Waals surface area contributed by atoms with Gasteiger partial charge in [0.1, 0.15) is 5.78 Å². The van der Waals surface area contributed by atoms with Crippen molar-refractivity contribution in [2.45, 2.75) is 72.0 Å². The second kappa shape index (κ2) is 5.17. The zero-order valence-electron chi connectivity index (χ0n) is 12.9. The van der Waals surface area contributed by atoms with Crippen LogP contribution in [0.2, 0.25) is 0 Å². The third-order valence-corrected chi connectivity index (χ3v) is 4.52. The molecule has 1 saturated heterocycles. The van der Waals surface area contributed by atoms with Gasteiger partial charge in [0, 0.05) is 24.7 Å². The molecule has 3 nitrogen and oxygen atoms in total. The minimum atomic E-state index is -0.502. The smallest absolute Gasteiger partial charge is 0.169 e. The second-order valence-electron chi connectivity index (χ2n) is 7.39. The molecule has 1 unspecified atom stereocenters.